The molecule has 2 aliphatic rings. The van der Waals surface area contributed by atoms with Gasteiger partial charge in [0.2, 0.25) is 0 Å². The van der Waals surface area contributed by atoms with Crippen LogP contribution in [0, 0.1) is 22.7 Å². The van der Waals surface area contributed by atoms with E-state index in [9.17, 15) is 0 Å². The monoisotopic (exact) mass is 138 g/mol. The number of hydrogen-bond donors (Lipinski definition) is 0. The maximum Gasteiger partial charge on any atom is -0.0212 e. The van der Waals surface area contributed by atoms with Crippen LogP contribution in [0.5, 0.6) is 0 Å². The van der Waals surface area contributed by atoms with Crippen molar-refractivity contribution in [3.63, 3.8) is 0 Å². The van der Waals surface area contributed by atoms with E-state index >= 15 is 0 Å². The SMILES string of the molecule is CC1CC2(C(C)(C)C)CC12. The third-order valence-corrected chi connectivity index (χ3v) is 4.00. The minimum atomic E-state index is 0.587. The van der Waals surface area contributed by atoms with Gasteiger partial charge in [-0.2, -0.15) is 0 Å². The van der Waals surface area contributed by atoms with Crippen molar-refractivity contribution < 1.29 is 0 Å². The lowest BCUT2D eigenvalue weighted by atomic mass is 9.63. The number of hydrogen-bond acceptors (Lipinski definition) is 0. The summed E-state index contributed by atoms with van der Waals surface area (Å²) in [7, 11) is 0. The summed E-state index contributed by atoms with van der Waals surface area (Å²) < 4.78 is 0. The lowest BCUT2D eigenvalue weighted by Crippen LogP contribution is -2.35. The van der Waals surface area contributed by atoms with Crippen LogP contribution in [0.1, 0.15) is 40.5 Å². The molecule has 0 aliphatic heterocycles. The van der Waals surface area contributed by atoms with Gasteiger partial charge < -0.3 is 0 Å². The Kier molecular flexibility index (Phi) is 0.964. The molecular formula is C10H18. The first-order chi connectivity index (χ1) is 4.47. The molecule has 3 atom stereocenters. The van der Waals surface area contributed by atoms with Crippen molar-refractivity contribution >= 4 is 0 Å². The smallest absolute Gasteiger partial charge is 0.0212 e. The Morgan fingerprint density at radius 1 is 1.20 bits per heavy atom. The van der Waals surface area contributed by atoms with Crippen molar-refractivity contribution in [2.75, 3.05) is 0 Å². The van der Waals surface area contributed by atoms with E-state index in [2.05, 4.69) is 27.7 Å². The zero-order chi connectivity index (χ0) is 7.57. The van der Waals surface area contributed by atoms with Gasteiger partial charge in [-0.1, -0.05) is 27.7 Å². The Labute approximate surface area is 64.0 Å². The molecule has 2 aliphatic carbocycles. The molecule has 2 saturated carbocycles. The second-order valence-corrected chi connectivity index (χ2v) is 5.40. The molecule has 0 amide bonds. The van der Waals surface area contributed by atoms with Gasteiger partial charge in [0.05, 0.1) is 0 Å². The van der Waals surface area contributed by atoms with E-state index < -0.39 is 0 Å². The lowest BCUT2D eigenvalue weighted by Gasteiger charge is -2.42. The van der Waals surface area contributed by atoms with Gasteiger partial charge in [-0.3, -0.25) is 0 Å². The zero-order valence-corrected chi connectivity index (χ0v) is 7.57. The van der Waals surface area contributed by atoms with Crippen LogP contribution < -0.4 is 0 Å². The fourth-order valence-electron chi connectivity index (χ4n) is 3.04. The maximum absolute atomic E-state index is 2.40. The molecule has 0 bridgehead atoms. The van der Waals surface area contributed by atoms with Gasteiger partial charge in [-0.15, -0.1) is 0 Å². The Morgan fingerprint density at radius 2 is 1.80 bits per heavy atom. The number of rotatable bonds is 0. The van der Waals surface area contributed by atoms with E-state index in [1.807, 2.05) is 0 Å². The highest BCUT2D eigenvalue weighted by molar-refractivity contribution is 5.18. The van der Waals surface area contributed by atoms with Crippen LogP contribution in [0.25, 0.3) is 0 Å². The van der Waals surface area contributed by atoms with Gasteiger partial charge in [-0.05, 0) is 35.5 Å². The van der Waals surface area contributed by atoms with E-state index in [0.717, 1.165) is 17.3 Å². The molecule has 0 aromatic rings. The molecule has 3 unspecified atom stereocenters. The van der Waals surface area contributed by atoms with Crippen LogP contribution in [0.3, 0.4) is 0 Å². The highest BCUT2D eigenvalue weighted by Gasteiger charge is 2.69. The van der Waals surface area contributed by atoms with Crippen LogP contribution in [-0.4, -0.2) is 0 Å². The molecular weight excluding hydrogens is 120 g/mol. The van der Waals surface area contributed by atoms with E-state index in [-0.39, 0.29) is 0 Å². The maximum atomic E-state index is 2.40. The summed E-state index contributed by atoms with van der Waals surface area (Å²) in [5.41, 5.74) is 1.39. The highest BCUT2D eigenvalue weighted by atomic mass is 14.7. The molecule has 0 spiro atoms. The van der Waals surface area contributed by atoms with Gasteiger partial charge in [0.25, 0.3) is 0 Å². The summed E-state index contributed by atoms with van der Waals surface area (Å²) in [5.74, 6) is 2.15. The molecule has 0 heterocycles. The predicted molar refractivity (Wildman–Crippen MR) is 43.8 cm³/mol. The van der Waals surface area contributed by atoms with E-state index in [0.29, 0.717) is 5.41 Å². The van der Waals surface area contributed by atoms with Crippen molar-refractivity contribution in [3.8, 4) is 0 Å². The van der Waals surface area contributed by atoms with E-state index in [1.54, 1.807) is 0 Å². The standard InChI is InChI=1S/C10H18/c1-7-5-10(6-8(7)10)9(2,3)4/h7-8H,5-6H2,1-4H3. The molecule has 0 radical (unpaired) electrons. The average molecular weight is 138 g/mol. The molecule has 10 heavy (non-hydrogen) atoms. The largest absolute Gasteiger partial charge is 0.0622 e. The Morgan fingerprint density at radius 3 is 1.90 bits per heavy atom. The fourth-order valence-corrected chi connectivity index (χ4v) is 3.04. The molecule has 2 rings (SSSR count). The predicted octanol–water partition coefficient (Wildman–Crippen LogP) is 3.08. The summed E-state index contributed by atoms with van der Waals surface area (Å²) in [6.07, 6.45) is 3.03. The van der Waals surface area contributed by atoms with Gasteiger partial charge in [0.1, 0.15) is 0 Å². The molecule has 0 aromatic heterocycles. The van der Waals surface area contributed by atoms with Crippen molar-refractivity contribution in [1.82, 2.24) is 0 Å². The third kappa shape index (κ3) is 0.538. The van der Waals surface area contributed by atoms with Crippen LogP contribution in [0.15, 0.2) is 0 Å². The first-order valence-corrected chi connectivity index (χ1v) is 4.47. The van der Waals surface area contributed by atoms with Crippen LogP contribution in [0.2, 0.25) is 0 Å². The fraction of sp³-hybridized carbons (Fsp3) is 1.00. The summed E-state index contributed by atoms with van der Waals surface area (Å²) in [6.45, 7) is 9.61. The second kappa shape index (κ2) is 1.44. The highest BCUT2D eigenvalue weighted by Crippen LogP contribution is 2.77. The van der Waals surface area contributed by atoms with Crippen LogP contribution in [-0.2, 0) is 0 Å². The molecule has 2 fully saturated rings. The first-order valence-electron chi connectivity index (χ1n) is 4.47. The van der Waals surface area contributed by atoms with Gasteiger partial charge in [0, 0.05) is 0 Å². The number of fused-ring (bicyclic) bond motifs is 1. The van der Waals surface area contributed by atoms with Crippen LogP contribution in [0.4, 0.5) is 0 Å². The van der Waals surface area contributed by atoms with Crippen molar-refractivity contribution in [2.45, 2.75) is 40.5 Å². The second-order valence-electron chi connectivity index (χ2n) is 5.40. The quantitative estimate of drug-likeness (QED) is 0.482. The minimum absolute atomic E-state index is 0.587. The topological polar surface area (TPSA) is 0 Å². The minimum Gasteiger partial charge on any atom is -0.0622 e. The molecule has 0 nitrogen and oxygen atoms in total. The molecule has 58 valence electrons. The van der Waals surface area contributed by atoms with Crippen molar-refractivity contribution in [1.29, 1.82) is 0 Å². The summed E-state index contributed by atoms with van der Waals surface area (Å²) >= 11 is 0. The van der Waals surface area contributed by atoms with E-state index in [1.165, 1.54) is 12.8 Å². The van der Waals surface area contributed by atoms with E-state index in [4.69, 9.17) is 0 Å². The van der Waals surface area contributed by atoms with Gasteiger partial charge in [0.15, 0.2) is 0 Å². The Bertz CT molecular complexity index is 163. The summed E-state index contributed by atoms with van der Waals surface area (Å²) in [5, 5.41) is 0. The molecule has 0 heteroatoms. The van der Waals surface area contributed by atoms with Gasteiger partial charge >= 0.3 is 0 Å². The normalized spacial score (nSPS) is 51.6. The van der Waals surface area contributed by atoms with Crippen molar-refractivity contribution in [2.24, 2.45) is 22.7 Å². The van der Waals surface area contributed by atoms with Crippen LogP contribution >= 0.6 is 0 Å². The summed E-state index contributed by atoms with van der Waals surface area (Å²) in [6, 6.07) is 0. The Balaban J connectivity index is 2.11. The van der Waals surface area contributed by atoms with Crippen molar-refractivity contribution in [3.05, 3.63) is 0 Å². The molecule has 0 N–H and O–H groups in total. The molecule has 0 saturated heterocycles. The third-order valence-electron chi connectivity index (χ3n) is 4.00. The Hall–Kier alpha value is 0. The zero-order valence-electron chi connectivity index (χ0n) is 7.57. The lowest BCUT2D eigenvalue weighted by molar-refractivity contribution is 0.0671. The summed E-state index contributed by atoms with van der Waals surface area (Å²) in [4.78, 5) is 0. The van der Waals surface area contributed by atoms with Gasteiger partial charge in [-0.25, -0.2) is 0 Å². The molecule has 0 aromatic carbocycles. The average Bonchev–Trinajstić information content (AvgIpc) is 2.34. The first kappa shape index (κ1) is 6.69.